The highest BCUT2D eigenvalue weighted by Gasteiger charge is 2.27. The van der Waals surface area contributed by atoms with E-state index in [4.69, 9.17) is 0 Å². The molecule has 3 rings (SSSR count). The van der Waals surface area contributed by atoms with Gasteiger partial charge in [-0.2, -0.15) is 4.31 Å². The number of amides is 1. The summed E-state index contributed by atoms with van der Waals surface area (Å²) in [5.41, 5.74) is 1.84. The highest BCUT2D eigenvalue weighted by atomic mass is 32.2. The molecule has 0 aliphatic carbocycles. The first-order chi connectivity index (χ1) is 13.9. The molecule has 3 aromatic rings. The van der Waals surface area contributed by atoms with Gasteiger partial charge in [0.05, 0.1) is 17.1 Å². The van der Waals surface area contributed by atoms with Gasteiger partial charge in [-0.1, -0.05) is 54.6 Å². The molecule has 7 heteroatoms. The van der Waals surface area contributed by atoms with Gasteiger partial charge in [-0.15, -0.1) is 0 Å². The molecule has 0 fully saturated rings. The van der Waals surface area contributed by atoms with Gasteiger partial charge in [-0.25, -0.2) is 8.42 Å². The van der Waals surface area contributed by atoms with Gasteiger partial charge in [0.15, 0.2) is 0 Å². The first kappa shape index (κ1) is 20.6. The van der Waals surface area contributed by atoms with E-state index in [9.17, 15) is 18.3 Å². The monoisotopic (exact) mass is 410 g/mol. The third kappa shape index (κ3) is 5.22. The lowest BCUT2D eigenvalue weighted by molar-refractivity contribution is -0.116. The number of phenolic OH excluding ortho intramolecular Hbond substituents is 1. The Bertz CT molecular complexity index is 1080. The van der Waals surface area contributed by atoms with Crippen LogP contribution in [0.4, 0.5) is 5.69 Å². The lowest BCUT2D eigenvalue weighted by Gasteiger charge is -2.22. The topological polar surface area (TPSA) is 86.7 Å². The van der Waals surface area contributed by atoms with Crippen LogP contribution in [0.1, 0.15) is 11.1 Å². The summed E-state index contributed by atoms with van der Waals surface area (Å²) < 4.78 is 27.4. The summed E-state index contributed by atoms with van der Waals surface area (Å²) in [6.45, 7) is 1.48. The number of nitrogens with zero attached hydrogens (tertiary/aromatic N) is 1. The average Bonchev–Trinajstić information content (AvgIpc) is 2.71. The van der Waals surface area contributed by atoms with Crippen molar-refractivity contribution in [1.29, 1.82) is 0 Å². The number of aryl methyl sites for hydroxylation is 1. The summed E-state index contributed by atoms with van der Waals surface area (Å²) in [6, 6.07) is 21.9. The first-order valence-electron chi connectivity index (χ1n) is 9.05. The maximum absolute atomic E-state index is 13.1. The van der Waals surface area contributed by atoms with Gasteiger partial charge >= 0.3 is 0 Å². The highest BCUT2D eigenvalue weighted by Crippen LogP contribution is 2.24. The van der Waals surface area contributed by atoms with Crippen LogP contribution in [0.2, 0.25) is 0 Å². The first-order valence-corrected chi connectivity index (χ1v) is 10.5. The zero-order valence-corrected chi connectivity index (χ0v) is 16.8. The molecular weight excluding hydrogens is 388 g/mol. The number of aromatic hydroxyl groups is 1. The Morgan fingerprint density at radius 3 is 2.21 bits per heavy atom. The van der Waals surface area contributed by atoms with Crippen molar-refractivity contribution in [3.8, 4) is 5.75 Å². The number of carbonyl (C=O) groups is 1. The van der Waals surface area contributed by atoms with E-state index in [0.717, 1.165) is 15.4 Å². The number of anilines is 1. The number of nitrogens with one attached hydrogen (secondary N) is 1. The second-order valence-electron chi connectivity index (χ2n) is 6.64. The molecule has 1 amide bonds. The van der Waals surface area contributed by atoms with Crippen LogP contribution in [0.5, 0.6) is 5.75 Å². The Labute approximate surface area is 170 Å². The summed E-state index contributed by atoms with van der Waals surface area (Å²) in [5, 5.41) is 12.6. The number of phenols is 1. The fourth-order valence-corrected chi connectivity index (χ4v) is 4.26. The third-order valence-corrected chi connectivity index (χ3v) is 6.14. The molecule has 0 aromatic heterocycles. The van der Waals surface area contributed by atoms with Gasteiger partial charge in [0.25, 0.3) is 0 Å². The number of hydrogen-bond donors (Lipinski definition) is 2. The molecule has 0 radical (unpaired) electrons. The number of benzene rings is 3. The molecule has 0 saturated carbocycles. The third-order valence-electron chi connectivity index (χ3n) is 4.33. The van der Waals surface area contributed by atoms with Crippen LogP contribution in [0.3, 0.4) is 0 Å². The molecule has 0 aliphatic heterocycles. The fraction of sp³-hybridized carbons (Fsp3) is 0.136. The van der Waals surface area contributed by atoms with Crippen LogP contribution in [-0.4, -0.2) is 30.3 Å². The fourth-order valence-electron chi connectivity index (χ4n) is 2.85. The molecule has 2 N–H and O–H groups in total. The summed E-state index contributed by atoms with van der Waals surface area (Å²) in [4.78, 5) is 12.7. The molecule has 3 aromatic carbocycles. The lowest BCUT2D eigenvalue weighted by atomic mass is 10.2. The zero-order valence-electron chi connectivity index (χ0n) is 15.9. The quantitative estimate of drug-likeness (QED) is 0.584. The second kappa shape index (κ2) is 8.89. The van der Waals surface area contributed by atoms with Gasteiger partial charge in [0.2, 0.25) is 15.9 Å². The highest BCUT2D eigenvalue weighted by molar-refractivity contribution is 7.89. The molecule has 0 atom stereocenters. The van der Waals surface area contributed by atoms with Crippen molar-refractivity contribution in [3.05, 3.63) is 90.0 Å². The molecule has 6 nitrogen and oxygen atoms in total. The van der Waals surface area contributed by atoms with Crippen molar-refractivity contribution in [2.45, 2.75) is 18.4 Å². The Morgan fingerprint density at radius 1 is 0.966 bits per heavy atom. The molecule has 0 saturated heterocycles. The standard InChI is InChI=1S/C22H22N2O4S/c1-17-12-13-20(21(25)14-17)23-22(26)16-24(15-18-8-4-2-5-9-18)29(27,28)19-10-6-3-7-11-19/h2-14,25H,15-16H2,1H3,(H,23,26). The van der Waals surface area contributed by atoms with Crippen molar-refractivity contribution in [3.63, 3.8) is 0 Å². The minimum absolute atomic E-state index is 0.0470. The SMILES string of the molecule is Cc1ccc(NC(=O)CN(Cc2ccccc2)S(=O)(=O)c2ccccc2)c(O)c1. The summed E-state index contributed by atoms with van der Waals surface area (Å²) in [7, 11) is -3.89. The van der Waals surface area contributed by atoms with E-state index in [-0.39, 0.29) is 29.4 Å². The van der Waals surface area contributed by atoms with Crippen molar-refractivity contribution in [1.82, 2.24) is 4.31 Å². The van der Waals surface area contributed by atoms with Crippen LogP contribution in [0.25, 0.3) is 0 Å². The van der Waals surface area contributed by atoms with E-state index < -0.39 is 15.9 Å². The predicted octanol–water partition coefficient (Wildman–Crippen LogP) is 3.53. The Kier molecular flexibility index (Phi) is 6.31. The van der Waals surface area contributed by atoms with Crippen LogP contribution in [0, 0.1) is 6.92 Å². The molecule has 0 aliphatic rings. The smallest absolute Gasteiger partial charge is 0.243 e. The summed E-state index contributed by atoms with van der Waals surface area (Å²) >= 11 is 0. The predicted molar refractivity (Wildman–Crippen MR) is 112 cm³/mol. The maximum Gasteiger partial charge on any atom is 0.243 e. The molecule has 0 spiro atoms. The van der Waals surface area contributed by atoms with Crippen molar-refractivity contribution < 1.29 is 18.3 Å². The van der Waals surface area contributed by atoms with Crippen LogP contribution >= 0.6 is 0 Å². The van der Waals surface area contributed by atoms with E-state index in [0.29, 0.717) is 0 Å². The van der Waals surface area contributed by atoms with Crippen molar-refractivity contribution in [2.75, 3.05) is 11.9 Å². The normalized spacial score (nSPS) is 11.4. The van der Waals surface area contributed by atoms with Crippen LogP contribution < -0.4 is 5.32 Å². The molecule has 0 unspecified atom stereocenters. The minimum atomic E-state index is -3.89. The van der Waals surface area contributed by atoms with E-state index in [2.05, 4.69) is 5.32 Å². The average molecular weight is 410 g/mol. The lowest BCUT2D eigenvalue weighted by Crippen LogP contribution is -2.37. The van der Waals surface area contributed by atoms with Gasteiger partial charge in [0, 0.05) is 6.54 Å². The molecule has 0 heterocycles. The van der Waals surface area contributed by atoms with Gasteiger partial charge in [-0.05, 0) is 42.3 Å². The van der Waals surface area contributed by atoms with E-state index >= 15 is 0 Å². The van der Waals surface area contributed by atoms with Gasteiger partial charge < -0.3 is 10.4 Å². The van der Waals surface area contributed by atoms with E-state index in [1.807, 2.05) is 25.1 Å². The minimum Gasteiger partial charge on any atom is -0.506 e. The molecule has 29 heavy (non-hydrogen) atoms. The Balaban J connectivity index is 1.85. The van der Waals surface area contributed by atoms with E-state index in [1.165, 1.54) is 18.2 Å². The van der Waals surface area contributed by atoms with Crippen molar-refractivity contribution >= 4 is 21.6 Å². The van der Waals surface area contributed by atoms with E-state index in [1.54, 1.807) is 42.5 Å². The Morgan fingerprint density at radius 2 is 1.59 bits per heavy atom. The maximum atomic E-state index is 13.1. The number of hydrogen-bond acceptors (Lipinski definition) is 4. The largest absolute Gasteiger partial charge is 0.506 e. The van der Waals surface area contributed by atoms with Gasteiger partial charge in [-0.3, -0.25) is 4.79 Å². The zero-order chi connectivity index (χ0) is 20.9. The van der Waals surface area contributed by atoms with Gasteiger partial charge in [0.1, 0.15) is 5.75 Å². The Hall–Kier alpha value is -3.16. The van der Waals surface area contributed by atoms with Crippen LogP contribution in [-0.2, 0) is 21.4 Å². The van der Waals surface area contributed by atoms with Crippen molar-refractivity contribution in [2.24, 2.45) is 0 Å². The molecule has 150 valence electrons. The summed E-state index contributed by atoms with van der Waals surface area (Å²) in [5.74, 6) is -0.613. The molecule has 0 bridgehead atoms. The summed E-state index contributed by atoms with van der Waals surface area (Å²) in [6.07, 6.45) is 0. The van der Waals surface area contributed by atoms with Crippen LogP contribution in [0.15, 0.2) is 83.8 Å². The number of carbonyl (C=O) groups excluding carboxylic acids is 1. The second-order valence-corrected chi connectivity index (χ2v) is 8.58. The molecular formula is C22H22N2O4S. The number of sulfonamides is 1. The number of rotatable bonds is 7.